The molecule has 2 heteroatoms. The van der Waals surface area contributed by atoms with Crippen molar-refractivity contribution in [2.75, 3.05) is 5.32 Å². The Morgan fingerprint density at radius 2 is 1.47 bits per heavy atom. The Balaban J connectivity index is 1.72. The molecule has 0 spiro atoms. The van der Waals surface area contributed by atoms with Crippen LogP contribution in [0.25, 0.3) is 22.3 Å². The summed E-state index contributed by atoms with van der Waals surface area (Å²) in [6, 6.07) is 32.4. The van der Waals surface area contributed by atoms with Crippen molar-refractivity contribution in [1.82, 2.24) is 0 Å². The minimum absolute atomic E-state index is 0.0204. The Bertz CT molecular complexity index is 1220. The van der Waals surface area contributed by atoms with Gasteiger partial charge in [0.2, 0.25) is 0 Å². The molecule has 1 aliphatic rings. The van der Waals surface area contributed by atoms with Crippen molar-refractivity contribution >= 4 is 11.4 Å². The lowest BCUT2D eigenvalue weighted by Gasteiger charge is -2.23. The molecule has 0 fully saturated rings. The molecule has 2 nitrogen and oxygen atoms in total. The highest BCUT2D eigenvalue weighted by atomic mass is 14.9. The molecule has 0 bridgehead atoms. The SMILES string of the molecule is CC1(C)c2ccccc2-c2cc(Nc3cccc(CN)c3)c(-c3ccccc3)cc21. The predicted octanol–water partition coefficient (Wildman–Crippen LogP) is 6.86. The number of anilines is 2. The van der Waals surface area contributed by atoms with Crippen LogP contribution >= 0.6 is 0 Å². The molecular weight excluding hydrogens is 364 g/mol. The molecule has 0 unspecified atom stereocenters. The summed E-state index contributed by atoms with van der Waals surface area (Å²) in [6.45, 7) is 5.18. The number of hydrogen-bond acceptors (Lipinski definition) is 2. The molecule has 0 atom stereocenters. The van der Waals surface area contributed by atoms with Crippen LogP contribution in [0.3, 0.4) is 0 Å². The Hall–Kier alpha value is -3.36. The van der Waals surface area contributed by atoms with Crippen LogP contribution in [0.5, 0.6) is 0 Å². The van der Waals surface area contributed by atoms with Gasteiger partial charge in [-0.15, -0.1) is 0 Å². The van der Waals surface area contributed by atoms with E-state index in [1.54, 1.807) is 0 Å². The maximum absolute atomic E-state index is 5.86. The maximum Gasteiger partial charge on any atom is 0.0470 e. The maximum atomic E-state index is 5.86. The molecule has 0 aromatic heterocycles. The van der Waals surface area contributed by atoms with Gasteiger partial charge < -0.3 is 11.1 Å². The van der Waals surface area contributed by atoms with Crippen molar-refractivity contribution in [3.05, 3.63) is 108 Å². The predicted molar refractivity (Wildman–Crippen MR) is 127 cm³/mol. The number of nitrogens with one attached hydrogen (secondary N) is 1. The Kier molecular flexibility index (Phi) is 4.45. The van der Waals surface area contributed by atoms with E-state index in [-0.39, 0.29) is 5.41 Å². The van der Waals surface area contributed by atoms with Gasteiger partial charge in [0, 0.05) is 28.9 Å². The van der Waals surface area contributed by atoms with Crippen LogP contribution in [0.1, 0.15) is 30.5 Å². The van der Waals surface area contributed by atoms with Crippen LogP contribution < -0.4 is 11.1 Å². The quantitative estimate of drug-likeness (QED) is 0.399. The van der Waals surface area contributed by atoms with E-state index in [9.17, 15) is 0 Å². The smallest absolute Gasteiger partial charge is 0.0470 e. The van der Waals surface area contributed by atoms with Crippen LogP contribution in [-0.4, -0.2) is 0 Å². The zero-order valence-corrected chi connectivity index (χ0v) is 17.4. The van der Waals surface area contributed by atoms with Crippen LogP contribution in [0.4, 0.5) is 11.4 Å². The first kappa shape index (κ1) is 18.7. The van der Waals surface area contributed by atoms with E-state index < -0.39 is 0 Å². The topological polar surface area (TPSA) is 38.0 Å². The molecule has 0 amide bonds. The van der Waals surface area contributed by atoms with Crippen molar-refractivity contribution in [3.8, 4) is 22.3 Å². The third kappa shape index (κ3) is 3.01. The number of fused-ring (bicyclic) bond motifs is 3. The minimum atomic E-state index is -0.0204. The Labute approximate surface area is 178 Å². The van der Waals surface area contributed by atoms with Gasteiger partial charge in [-0.2, -0.15) is 0 Å². The average Bonchev–Trinajstić information content (AvgIpc) is 3.01. The molecule has 0 saturated heterocycles. The molecular formula is C28H26N2. The first-order chi connectivity index (χ1) is 14.6. The molecule has 0 aliphatic heterocycles. The fraction of sp³-hybridized carbons (Fsp3) is 0.143. The van der Waals surface area contributed by atoms with Gasteiger partial charge in [-0.25, -0.2) is 0 Å². The van der Waals surface area contributed by atoms with Crippen LogP contribution in [-0.2, 0) is 12.0 Å². The average molecular weight is 391 g/mol. The normalized spacial score (nSPS) is 13.6. The standard InChI is InChI=1S/C28H26N2/c1-28(2)25-14-7-6-13-22(25)24-17-27(30-21-12-8-9-19(15-21)18-29)23(16-26(24)28)20-10-4-3-5-11-20/h3-17,30H,18,29H2,1-2H3. The van der Waals surface area contributed by atoms with Crippen LogP contribution in [0.2, 0.25) is 0 Å². The summed E-state index contributed by atoms with van der Waals surface area (Å²) in [4.78, 5) is 0. The van der Waals surface area contributed by atoms with Gasteiger partial charge in [0.25, 0.3) is 0 Å². The monoisotopic (exact) mass is 390 g/mol. The lowest BCUT2D eigenvalue weighted by Crippen LogP contribution is -2.15. The molecule has 0 saturated carbocycles. The molecule has 4 aromatic rings. The van der Waals surface area contributed by atoms with E-state index in [4.69, 9.17) is 5.73 Å². The molecule has 5 rings (SSSR count). The largest absolute Gasteiger partial charge is 0.355 e. The van der Waals surface area contributed by atoms with Gasteiger partial charge in [-0.1, -0.05) is 80.6 Å². The summed E-state index contributed by atoms with van der Waals surface area (Å²) >= 11 is 0. The van der Waals surface area contributed by atoms with Gasteiger partial charge in [-0.05, 0) is 57.6 Å². The summed E-state index contributed by atoms with van der Waals surface area (Å²) in [6.07, 6.45) is 0. The van der Waals surface area contributed by atoms with E-state index >= 15 is 0 Å². The van der Waals surface area contributed by atoms with E-state index in [1.165, 1.54) is 33.4 Å². The number of hydrogen-bond donors (Lipinski definition) is 2. The number of benzene rings is 4. The highest BCUT2D eigenvalue weighted by Gasteiger charge is 2.36. The second-order valence-electron chi connectivity index (χ2n) is 8.51. The van der Waals surface area contributed by atoms with Gasteiger partial charge in [-0.3, -0.25) is 0 Å². The third-order valence-corrected chi connectivity index (χ3v) is 6.25. The molecule has 3 N–H and O–H groups in total. The summed E-state index contributed by atoms with van der Waals surface area (Å²) in [5.74, 6) is 0. The van der Waals surface area contributed by atoms with Gasteiger partial charge in [0.05, 0.1) is 0 Å². The Morgan fingerprint density at radius 3 is 2.27 bits per heavy atom. The second kappa shape index (κ2) is 7.16. The van der Waals surface area contributed by atoms with E-state index in [2.05, 4.69) is 110 Å². The first-order valence-electron chi connectivity index (χ1n) is 10.5. The van der Waals surface area contributed by atoms with E-state index in [0.29, 0.717) is 6.54 Å². The highest BCUT2D eigenvalue weighted by molar-refractivity contribution is 5.91. The molecule has 0 heterocycles. The molecule has 4 aromatic carbocycles. The minimum Gasteiger partial charge on any atom is -0.355 e. The summed E-state index contributed by atoms with van der Waals surface area (Å²) in [7, 11) is 0. The fourth-order valence-electron chi connectivity index (χ4n) is 4.64. The molecule has 30 heavy (non-hydrogen) atoms. The molecule has 0 radical (unpaired) electrons. The van der Waals surface area contributed by atoms with E-state index in [1.807, 2.05) is 0 Å². The zero-order chi connectivity index (χ0) is 20.7. The van der Waals surface area contributed by atoms with E-state index in [0.717, 1.165) is 16.9 Å². The van der Waals surface area contributed by atoms with Crippen LogP contribution in [0.15, 0.2) is 91.0 Å². The highest BCUT2D eigenvalue weighted by Crippen LogP contribution is 2.51. The van der Waals surface area contributed by atoms with Crippen LogP contribution in [0, 0.1) is 0 Å². The second-order valence-corrected chi connectivity index (χ2v) is 8.51. The third-order valence-electron chi connectivity index (χ3n) is 6.25. The molecule has 148 valence electrons. The molecule has 1 aliphatic carbocycles. The summed E-state index contributed by atoms with van der Waals surface area (Å²) in [5.41, 5.74) is 17.0. The van der Waals surface area contributed by atoms with Crippen molar-refractivity contribution in [3.63, 3.8) is 0 Å². The van der Waals surface area contributed by atoms with Crippen molar-refractivity contribution in [2.24, 2.45) is 5.73 Å². The Morgan fingerprint density at radius 1 is 0.700 bits per heavy atom. The lowest BCUT2D eigenvalue weighted by atomic mass is 9.81. The van der Waals surface area contributed by atoms with Crippen molar-refractivity contribution in [1.29, 1.82) is 0 Å². The zero-order valence-electron chi connectivity index (χ0n) is 17.4. The van der Waals surface area contributed by atoms with Gasteiger partial charge in [0.15, 0.2) is 0 Å². The summed E-state index contributed by atoms with van der Waals surface area (Å²) in [5, 5.41) is 3.68. The first-order valence-corrected chi connectivity index (χ1v) is 10.5. The summed E-state index contributed by atoms with van der Waals surface area (Å²) < 4.78 is 0. The van der Waals surface area contributed by atoms with Crippen molar-refractivity contribution in [2.45, 2.75) is 25.8 Å². The van der Waals surface area contributed by atoms with Gasteiger partial charge >= 0.3 is 0 Å². The number of nitrogens with two attached hydrogens (primary N) is 1. The number of rotatable bonds is 4. The van der Waals surface area contributed by atoms with Gasteiger partial charge in [0.1, 0.15) is 0 Å². The lowest BCUT2D eigenvalue weighted by molar-refractivity contribution is 0.660. The fourth-order valence-corrected chi connectivity index (χ4v) is 4.64. The van der Waals surface area contributed by atoms with Crippen molar-refractivity contribution < 1.29 is 0 Å².